The molecule has 1 saturated carbocycles. The molecule has 2 amide bonds. The van der Waals surface area contributed by atoms with Gasteiger partial charge < -0.3 is 10.6 Å². The second kappa shape index (κ2) is 8.24. The van der Waals surface area contributed by atoms with E-state index in [2.05, 4.69) is 20.7 Å². The zero-order valence-electron chi connectivity index (χ0n) is 16.5. The van der Waals surface area contributed by atoms with E-state index < -0.39 is 5.91 Å². The number of pyridine rings is 1. The van der Waals surface area contributed by atoms with Crippen molar-refractivity contribution in [2.24, 2.45) is 0 Å². The number of carbonyl (C=O) groups is 2. The molecule has 0 unspecified atom stereocenters. The third-order valence-corrected chi connectivity index (χ3v) is 5.06. The minimum Gasteiger partial charge on any atom is -0.349 e. The van der Waals surface area contributed by atoms with Crippen molar-refractivity contribution in [1.29, 1.82) is 5.26 Å². The molecule has 0 atom stereocenters. The first-order chi connectivity index (χ1) is 14.9. The van der Waals surface area contributed by atoms with Gasteiger partial charge in [0, 0.05) is 17.8 Å². The van der Waals surface area contributed by atoms with E-state index in [1.54, 1.807) is 25.1 Å². The van der Waals surface area contributed by atoms with Crippen LogP contribution in [0.4, 0.5) is 5.69 Å². The summed E-state index contributed by atoms with van der Waals surface area (Å²) in [5, 5.41) is 19.4. The van der Waals surface area contributed by atoms with Gasteiger partial charge in [-0.05, 0) is 55.7 Å². The van der Waals surface area contributed by atoms with Gasteiger partial charge in [-0.25, -0.2) is 9.67 Å². The zero-order valence-corrected chi connectivity index (χ0v) is 17.3. The summed E-state index contributed by atoms with van der Waals surface area (Å²) in [5.41, 5.74) is 1.62. The minimum absolute atomic E-state index is 0.0930. The van der Waals surface area contributed by atoms with Gasteiger partial charge in [0.1, 0.15) is 13.5 Å². The molecule has 4 rings (SSSR count). The Labute approximate surface area is 184 Å². The van der Waals surface area contributed by atoms with E-state index in [1.165, 1.54) is 23.0 Å². The van der Waals surface area contributed by atoms with Crippen LogP contribution in [0.2, 0.25) is 5.02 Å². The molecule has 1 aliphatic rings. The Morgan fingerprint density at radius 2 is 2.06 bits per heavy atom. The highest BCUT2D eigenvalue weighted by atomic mass is 35.5. The molecule has 2 aromatic heterocycles. The summed E-state index contributed by atoms with van der Waals surface area (Å²) in [4.78, 5) is 30.1. The van der Waals surface area contributed by atoms with Gasteiger partial charge >= 0.3 is 0 Å². The maximum Gasteiger partial charge on any atom is 0.274 e. The number of halogens is 1. The fraction of sp³-hybridized carbons (Fsp3) is 0.190. The van der Waals surface area contributed by atoms with Crippen molar-refractivity contribution in [3.8, 4) is 11.9 Å². The molecule has 2 heterocycles. The largest absolute Gasteiger partial charge is 0.349 e. The predicted molar refractivity (Wildman–Crippen MR) is 116 cm³/mol. The Morgan fingerprint density at radius 3 is 2.74 bits per heavy atom. The summed E-state index contributed by atoms with van der Waals surface area (Å²) < 4.78 is 1.25. The second-order valence-electron chi connectivity index (χ2n) is 7.20. The quantitative estimate of drug-likeness (QED) is 0.602. The summed E-state index contributed by atoms with van der Waals surface area (Å²) in [6.07, 6.45) is 3.34. The average Bonchev–Trinajstić information content (AvgIpc) is 3.47. The number of benzene rings is 1. The first-order valence-corrected chi connectivity index (χ1v) is 9.88. The first kappa shape index (κ1) is 20.6. The molecule has 0 bridgehead atoms. The van der Waals surface area contributed by atoms with E-state index >= 15 is 0 Å². The Morgan fingerprint density at radius 1 is 1.29 bits per heavy atom. The number of rotatable bonds is 5. The van der Waals surface area contributed by atoms with E-state index in [4.69, 9.17) is 19.4 Å². The number of aryl methyl sites for hydroxylation is 1. The molecule has 8 nitrogen and oxygen atoms in total. The van der Waals surface area contributed by atoms with Crippen LogP contribution in [0.3, 0.4) is 0 Å². The summed E-state index contributed by atoms with van der Waals surface area (Å²) in [6.45, 7) is 1.71. The van der Waals surface area contributed by atoms with Crippen LogP contribution in [-0.4, -0.2) is 40.5 Å². The van der Waals surface area contributed by atoms with Gasteiger partial charge in [0.05, 0.1) is 27.9 Å². The van der Waals surface area contributed by atoms with Crippen molar-refractivity contribution in [2.75, 3.05) is 5.32 Å². The number of hydrogen-bond donors (Lipinski definition) is 2. The molecule has 0 spiro atoms. The van der Waals surface area contributed by atoms with E-state index in [0.29, 0.717) is 21.8 Å². The van der Waals surface area contributed by atoms with E-state index in [1.807, 2.05) is 6.07 Å². The Kier molecular flexibility index (Phi) is 5.49. The van der Waals surface area contributed by atoms with Crippen LogP contribution in [0.1, 0.15) is 44.8 Å². The lowest BCUT2D eigenvalue weighted by Crippen LogP contribution is -2.28. The number of nitriles is 1. The highest BCUT2D eigenvalue weighted by molar-refractivity contribution is 6.32. The fourth-order valence-corrected chi connectivity index (χ4v) is 3.32. The molecule has 10 heteroatoms. The van der Waals surface area contributed by atoms with Gasteiger partial charge in [-0.2, -0.15) is 10.4 Å². The number of nitrogens with zero attached hydrogens (tertiary/aromatic N) is 4. The van der Waals surface area contributed by atoms with Crippen LogP contribution in [0.25, 0.3) is 5.82 Å². The number of carbonyl (C=O) groups excluding carboxylic acids is 2. The zero-order chi connectivity index (χ0) is 22.1. The van der Waals surface area contributed by atoms with Crippen LogP contribution < -0.4 is 16.2 Å². The lowest BCUT2D eigenvalue weighted by molar-refractivity contribution is 0.0952. The SMILES string of the molecule is [B]c1cc(C(=O)Nc2c(C)cc(C#N)cc2C(=O)NC2CC2)n(-c2ncccc2Cl)n1. The maximum atomic E-state index is 13.2. The summed E-state index contributed by atoms with van der Waals surface area (Å²) in [7, 11) is 5.82. The van der Waals surface area contributed by atoms with Gasteiger partial charge in [-0.15, -0.1) is 0 Å². The number of aromatic nitrogens is 3. The second-order valence-corrected chi connectivity index (χ2v) is 7.61. The summed E-state index contributed by atoms with van der Waals surface area (Å²) in [5.74, 6) is -0.660. The van der Waals surface area contributed by atoms with Gasteiger partial charge in [0.15, 0.2) is 5.82 Å². The highest BCUT2D eigenvalue weighted by Gasteiger charge is 2.27. The molecular weight excluding hydrogens is 415 g/mol. The molecule has 3 aromatic rings. The van der Waals surface area contributed by atoms with Crippen molar-refractivity contribution in [1.82, 2.24) is 20.1 Å². The Balaban J connectivity index is 1.72. The highest BCUT2D eigenvalue weighted by Crippen LogP contribution is 2.26. The molecule has 2 N–H and O–H groups in total. The van der Waals surface area contributed by atoms with Crippen molar-refractivity contribution >= 4 is 42.5 Å². The molecule has 0 saturated heterocycles. The first-order valence-electron chi connectivity index (χ1n) is 9.50. The van der Waals surface area contributed by atoms with Gasteiger partial charge in [-0.3, -0.25) is 9.59 Å². The lowest BCUT2D eigenvalue weighted by Gasteiger charge is -2.15. The molecular formula is C21H16BClN6O2. The third-order valence-electron chi connectivity index (χ3n) is 4.76. The van der Waals surface area contributed by atoms with Crippen LogP contribution >= 0.6 is 11.6 Å². The number of anilines is 1. The van der Waals surface area contributed by atoms with E-state index in [0.717, 1.165) is 12.8 Å². The Bertz CT molecular complexity index is 1250. The van der Waals surface area contributed by atoms with E-state index in [-0.39, 0.29) is 34.6 Å². The molecule has 0 aliphatic heterocycles. The number of hydrogen-bond acceptors (Lipinski definition) is 5. The standard InChI is InChI=1S/C21H16BClN6O2/c1-11-7-12(10-24)8-14(20(30)26-13-4-5-13)18(11)27-21(31)16-9-17(22)28-29(16)19-15(23)3-2-6-25-19/h2-3,6-9,13H,4-5H2,1H3,(H,26,30)(H,27,31). The third kappa shape index (κ3) is 4.30. The Hall–Kier alpha value is -3.64. The van der Waals surface area contributed by atoms with Gasteiger partial charge in [0.25, 0.3) is 11.8 Å². The van der Waals surface area contributed by atoms with Crippen LogP contribution in [0, 0.1) is 18.3 Å². The molecule has 31 heavy (non-hydrogen) atoms. The number of nitrogens with one attached hydrogen (secondary N) is 2. The molecule has 152 valence electrons. The fourth-order valence-electron chi connectivity index (χ4n) is 3.12. The monoisotopic (exact) mass is 430 g/mol. The number of amides is 2. The smallest absolute Gasteiger partial charge is 0.274 e. The van der Waals surface area contributed by atoms with E-state index in [9.17, 15) is 14.9 Å². The maximum absolute atomic E-state index is 13.2. The normalized spacial score (nSPS) is 12.8. The molecule has 2 radical (unpaired) electrons. The van der Waals surface area contributed by atoms with Crippen molar-refractivity contribution < 1.29 is 9.59 Å². The predicted octanol–water partition coefficient (Wildman–Crippen LogP) is 2.04. The molecule has 1 aliphatic carbocycles. The van der Waals surface area contributed by atoms with Crippen LogP contribution in [-0.2, 0) is 0 Å². The topological polar surface area (TPSA) is 113 Å². The molecule has 1 aromatic carbocycles. The summed E-state index contributed by atoms with van der Waals surface area (Å²) in [6, 6.07) is 9.89. The molecule has 1 fully saturated rings. The lowest BCUT2D eigenvalue weighted by atomic mass is 10.0. The summed E-state index contributed by atoms with van der Waals surface area (Å²) >= 11 is 6.21. The van der Waals surface area contributed by atoms with Gasteiger partial charge in [-0.1, -0.05) is 11.6 Å². The minimum atomic E-state index is -0.556. The van der Waals surface area contributed by atoms with Crippen molar-refractivity contribution in [3.05, 3.63) is 63.9 Å². The van der Waals surface area contributed by atoms with Crippen LogP contribution in [0.5, 0.6) is 0 Å². The van der Waals surface area contributed by atoms with Crippen LogP contribution in [0.15, 0.2) is 36.5 Å². The van der Waals surface area contributed by atoms with Crippen molar-refractivity contribution in [3.63, 3.8) is 0 Å². The average molecular weight is 431 g/mol. The van der Waals surface area contributed by atoms with Crippen molar-refractivity contribution in [2.45, 2.75) is 25.8 Å². The van der Waals surface area contributed by atoms with Gasteiger partial charge in [0.2, 0.25) is 0 Å².